The van der Waals surface area contributed by atoms with Gasteiger partial charge in [-0.05, 0) is 35.2 Å². The Labute approximate surface area is 186 Å². The largest absolute Gasteiger partial charge is 0.414 e. The van der Waals surface area contributed by atoms with Gasteiger partial charge in [0.05, 0.1) is 31.0 Å². The molecule has 0 bridgehead atoms. The summed E-state index contributed by atoms with van der Waals surface area (Å²) < 4.78 is 11.4. The molecule has 9 heteroatoms. The number of hydrogen-bond acceptors (Lipinski definition) is 7. The number of rotatable bonds is 8. The lowest BCUT2D eigenvalue weighted by molar-refractivity contribution is -0.913. The second kappa shape index (κ2) is 9.56. The smallest absolute Gasteiger partial charge is 0.310 e. The number of nitrogens with zero attached hydrogens (tertiary/aromatic N) is 5. The third kappa shape index (κ3) is 4.59. The Kier molecular flexibility index (Phi) is 6.41. The molecule has 0 saturated carbocycles. The average molecular weight is 432 g/mol. The lowest BCUT2D eigenvalue weighted by Gasteiger charge is -2.16. The van der Waals surface area contributed by atoms with Crippen LogP contribution in [0.1, 0.15) is 33.7 Å². The molecule has 3 heterocycles. The monoisotopic (exact) mass is 431 g/mol. The maximum absolute atomic E-state index is 9.00. The molecule has 0 amide bonds. The lowest BCUT2D eigenvalue weighted by Crippen LogP contribution is -3.11. The predicted octanol–water partition coefficient (Wildman–Crippen LogP) is 1.51. The van der Waals surface area contributed by atoms with Crippen LogP contribution in [0.25, 0.3) is 16.4 Å². The van der Waals surface area contributed by atoms with E-state index in [0.29, 0.717) is 49.1 Å². The molecule has 162 valence electrons. The minimum atomic E-state index is 0.272. The van der Waals surface area contributed by atoms with Crippen LogP contribution in [-0.2, 0) is 30.9 Å². The number of nitrogens with two attached hydrogens (primary N) is 1. The van der Waals surface area contributed by atoms with Crippen molar-refractivity contribution in [3.63, 3.8) is 0 Å². The number of nitriles is 1. The zero-order chi connectivity index (χ0) is 22.5. The van der Waals surface area contributed by atoms with Crippen molar-refractivity contribution in [1.29, 1.82) is 5.26 Å². The highest BCUT2D eigenvalue weighted by molar-refractivity contribution is 5.61. The molecule has 0 radical (unpaired) electrons. The summed E-state index contributed by atoms with van der Waals surface area (Å²) in [5.41, 5.74) is 12.2. The molecular formula is C23H25N7O2+2. The summed E-state index contributed by atoms with van der Waals surface area (Å²) in [7, 11) is 0. The van der Waals surface area contributed by atoms with Gasteiger partial charge in [-0.1, -0.05) is 17.0 Å². The van der Waals surface area contributed by atoms with Gasteiger partial charge in [0.15, 0.2) is 13.1 Å². The maximum Gasteiger partial charge on any atom is 0.310 e. The van der Waals surface area contributed by atoms with Gasteiger partial charge in [0.2, 0.25) is 0 Å². The topological polar surface area (TPSA) is 120 Å². The van der Waals surface area contributed by atoms with Crippen LogP contribution in [0.5, 0.6) is 0 Å². The minimum Gasteiger partial charge on any atom is -0.414 e. The second-order valence-electron chi connectivity index (χ2n) is 7.83. The fraction of sp³-hybridized carbons (Fsp3) is 0.348. The zero-order valence-corrected chi connectivity index (χ0v) is 18.0. The summed E-state index contributed by atoms with van der Waals surface area (Å²) >= 11 is 0. The molecule has 9 nitrogen and oxygen atoms in total. The van der Waals surface area contributed by atoms with Crippen molar-refractivity contribution in [2.75, 3.05) is 25.4 Å². The van der Waals surface area contributed by atoms with Crippen molar-refractivity contribution in [2.24, 2.45) is 0 Å². The molecule has 1 unspecified atom stereocenters. The number of nitrogen functional groups attached to an aromatic ring is 1. The van der Waals surface area contributed by atoms with Crippen LogP contribution in [0.4, 0.5) is 5.69 Å². The van der Waals surface area contributed by atoms with Crippen LogP contribution in [0, 0.1) is 24.8 Å². The van der Waals surface area contributed by atoms with Crippen LogP contribution in [0.2, 0.25) is 0 Å². The van der Waals surface area contributed by atoms with E-state index in [9.17, 15) is 0 Å². The van der Waals surface area contributed by atoms with Gasteiger partial charge in [-0.3, -0.25) is 0 Å². The van der Waals surface area contributed by atoms with Crippen LogP contribution < -0.4 is 10.6 Å². The number of hydrogen-bond donors (Lipinski definition) is 2. The third-order valence-electron chi connectivity index (χ3n) is 5.80. The summed E-state index contributed by atoms with van der Waals surface area (Å²) in [4.78, 5) is 9.19. The van der Waals surface area contributed by atoms with Crippen molar-refractivity contribution >= 4 is 5.69 Å². The van der Waals surface area contributed by atoms with Crippen LogP contribution in [0.3, 0.4) is 0 Å². The van der Waals surface area contributed by atoms with Crippen molar-refractivity contribution in [3.8, 4) is 24.2 Å². The summed E-state index contributed by atoms with van der Waals surface area (Å²) in [6, 6.07) is 7.91. The number of nitrogens with one attached hydrogen (secondary N) is 1. The molecule has 0 fully saturated rings. The van der Waals surface area contributed by atoms with Gasteiger partial charge in [-0.2, -0.15) is 5.26 Å². The van der Waals surface area contributed by atoms with E-state index in [1.165, 1.54) is 33.4 Å². The van der Waals surface area contributed by atoms with Crippen LogP contribution >= 0.6 is 0 Å². The van der Waals surface area contributed by atoms with E-state index in [2.05, 4.69) is 39.1 Å². The van der Waals surface area contributed by atoms with E-state index in [1.54, 1.807) is 6.07 Å². The molecule has 2 aromatic heterocycles. The predicted molar refractivity (Wildman–Crippen MR) is 118 cm³/mol. The summed E-state index contributed by atoms with van der Waals surface area (Å²) in [5, 5.41) is 17.3. The van der Waals surface area contributed by atoms with Gasteiger partial charge >= 0.3 is 6.54 Å². The number of quaternary nitrogens is 1. The Morgan fingerprint density at radius 2 is 2.16 bits per heavy atom. The SMILES string of the molecule is C#[N+]CC[NH+](CCc1ccc2c(c1C)COC2)Cc1nnc(-c2cc(N)c(C#N)cn2)o1. The van der Waals surface area contributed by atoms with E-state index in [4.69, 9.17) is 26.7 Å². The fourth-order valence-electron chi connectivity index (χ4n) is 3.89. The number of anilines is 1. The number of fused-ring (bicyclic) bond motifs is 1. The molecular weight excluding hydrogens is 406 g/mol. The molecule has 0 aliphatic carbocycles. The quantitative estimate of drug-likeness (QED) is 0.555. The van der Waals surface area contributed by atoms with Crippen molar-refractivity contribution in [3.05, 3.63) is 62.9 Å². The Bertz CT molecular complexity index is 1210. The standard InChI is InChI=1S/C23H24N7O2/c1-15-16(3-4-17-13-31-14-19(15)17)5-7-30(8-6-26-2)12-22-28-29-23(32-22)21-9-20(25)18(10-24)11-27-21/h2-4,9,11H,5-8,12-14H2,1H3,(H2,25,27)/q+1/p+1. The molecule has 1 atom stereocenters. The summed E-state index contributed by atoms with van der Waals surface area (Å²) in [6.07, 6.45) is 2.31. The second-order valence-corrected chi connectivity index (χ2v) is 7.83. The number of benzene rings is 1. The van der Waals surface area contributed by atoms with Crippen LogP contribution in [0.15, 0.2) is 28.8 Å². The Morgan fingerprint density at radius 1 is 1.28 bits per heavy atom. The highest BCUT2D eigenvalue weighted by atomic mass is 16.5. The highest BCUT2D eigenvalue weighted by Crippen LogP contribution is 2.26. The molecule has 1 aliphatic rings. The number of ether oxygens (including phenoxy) is 1. The first-order valence-electron chi connectivity index (χ1n) is 10.5. The Balaban J connectivity index is 1.45. The van der Waals surface area contributed by atoms with E-state index in [-0.39, 0.29) is 5.89 Å². The number of aromatic nitrogens is 3. The van der Waals surface area contributed by atoms with Gasteiger partial charge in [0.25, 0.3) is 18.4 Å². The normalized spacial score (nSPS) is 13.3. The molecule has 3 N–H and O–H groups in total. The number of pyridine rings is 1. The van der Waals surface area contributed by atoms with Gasteiger partial charge in [0, 0.05) is 12.6 Å². The molecule has 0 spiro atoms. The summed E-state index contributed by atoms with van der Waals surface area (Å²) in [5.74, 6) is 0.768. The Morgan fingerprint density at radius 3 is 2.94 bits per heavy atom. The fourth-order valence-corrected chi connectivity index (χ4v) is 3.89. The lowest BCUT2D eigenvalue weighted by atomic mass is 9.97. The van der Waals surface area contributed by atoms with Crippen molar-refractivity contribution in [2.45, 2.75) is 33.1 Å². The zero-order valence-electron chi connectivity index (χ0n) is 18.0. The molecule has 0 saturated heterocycles. The first kappa shape index (κ1) is 21.4. The maximum atomic E-state index is 9.00. The molecule has 4 rings (SSSR count). The summed E-state index contributed by atoms with van der Waals surface area (Å²) in [6.45, 7) is 11.6. The van der Waals surface area contributed by atoms with Gasteiger partial charge in [-0.15, -0.1) is 10.2 Å². The Hall–Kier alpha value is -3.79. The third-order valence-corrected chi connectivity index (χ3v) is 5.80. The first-order chi connectivity index (χ1) is 15.6. The molecule has 1 aliphatic heterocycles. The van der Waals surface area contributed by atoms with Gasteiger partial charge in [0.1, 0.15) is 11.8 Å². The van der Waals surface area contributed by atoms with Crippen molar-refractivity contribution in [1.82, 2.24) is 15.2 Å². The van der Waals surface area contributed by atoms with E-state index >= 15 is 0 Å². The van der Waals surface area contributed by atoms with E-state index < -0.39 is 0 Å². The van der Waals surface area contributed by atoms with E-state index in [1.807, 2.05) is 6.07 Å². The minimum absolute atomic E-state index is 0.272. The van der Waals surface area contributed by atoms with Crippen LogP contribution in [-0.4, -0.2) is 34.8 Å². The molecule has 3 aromatic rings. The van der Waals surface area contributed by atoms with Gasteiger partial charge < -0.3 is 19.8 Å². The van der Waals surface area contributed by atoms with Gasteiger partial charge in [-0.25, -0.2) is 4.98 Å². The highest BCUT2D eigenvalue weighted by Gasteiger charge is 2.20. The average Bonchev–Trinajstić information content (AvgIpc) is 3.46. The first-order valence-corrected chi connectivity index (χ1v) is 10.5. The molecule has 1 aromatic carbocycles. The van der Waals surface area contributed by atoms with Crippen molar-refractivity contribution < 1.29 is 14.1 Å². The van der Waals surface area contributed by atoms with E-state index in [0.717, 1.165) is 19.5 Å². The molecule has 32 heavy (non-hydrogen) atoms.